The van der Waals surface area contributed by atoms with Crippen LogP contribution in [0.2, 0.25) is 0 Å². The van der Waals surface area contributed by atoms with Gasteiger partial charge < -0.3 is 0 Å². The predicted molar refractivity (Wildman–Crippen MR) is 84.0 cm³/mol. The summed E-state index contributed by atoms with van der Waals surface area (Å²) in [5.41, 5.74) is 0.998. The molecule has 3 nitrogen and oxygen atoms in total. The number of carbonyl (C=O) groups is 1. The van der Waals surface area contributed by atoms with E-state index < -0.39 is 5.82 Å². The van der Waals surface area contributed by atoms with Crippen molar-refractivity contribution in [1.82, 2.24) is 3.96 Å². The zero-order chi connectivity index (χ0) is 15.5. The molecule has 1 aromatic heterocycles. The van der Waals surface area contributed by atoms with Crippen LogP contribution in [0.1, 0.15) is 20.8 Å². The molecule has 0 spiro atoms. The van der Waals surface area contributed by atoms with Crippen molar-refractivity contribution in [3.63, 3.8) is 0 Å². The van der Waals surface area contributed by atoms with Crippen LogP contribution in [0.25, 0.3) is 0 Å². The van der Waals surface area contributed by atoms with Crippen molar-refractivity contribution in [2.24, 2.45) is 0 Å². The average Bonchev–Trinajstić information content (AvgIpc) is 2.88. The maximum absolute atomic E-state index is 13.2. The van der Waals surface area contributed by atoms with Crippen LogP contribution >= 0.6 is 11.5 Å². The Morgan fingerprint density at radius 1 is 1.05 bits per heavy atom. The SMILES string of the molecule is O=C(c1cccc(F)c1)c1cc(=O)n(Cc2ccccc2)s1. The van der Waals surface area contributed by atoms with Crippen LogP contribution in [0.3, 0.4) is 0 Å². The molecule has 0 saturated carbocycles. The highest BCUT2D eigenvalue weighted by Crippen LogP contribution is 2.15. The van der Waals surface area contributed by atoms with Gasteiger partial charge >= 0.3 is 0 Å². The molecule has 0 atom stereocenters. The minimum Gasteiger partial charge on any atom is -0.288 e. The third-order valence-corrected chi connectivity index (χ3v) is 4.22. The summed E-state index contributed by atoms with van der Waals surface area (Å²) in [5.74, 6) is -0.810. The van der Waals surface area contributed by atoms with E-state index in [4.69, 9.17) is 0 Å². The molecule has 0 unspecified atom stereocenters. The Balaban J connectivity index is 1.89. The smallest absolute Gasteiger partial charge is 0.261 e. The van der Waals surface area contributed by atoms with E-state index in [-0.39, 0.29) is 16.9 Å². The first-order valence-electron chi connectivity index (χ1n) is 6.69. The minimum absolute atomic E-state index is 0.228. The largest absolute Gasteiger partial charge is 0.288 e. The Morgan fingerprint density at radius 2 is 1.82 bits per heavy atom. The van der Waals surface area contributed by atoms with Gasteiger partial charge in [-0.15, -0.1) is 0 Å². The zero-order valence-electron chi connectivity index (χ0n) is 11.5. The molecule has 110 valence electrons. The number of halogens is 1. The lowest BCUT2D eigenvalue weighted by Crippen LogP contribution is -2.12. The fourth-order valence-electron chi connectivity index (χ4n) is 2.11. The van der Waals surface area contributed by atoms with Gasteiger partial charge in [0.05, 0.1) is 11.4 Å². The van der Waals surface area contributed by atoms with Crippen LogP contribution in [-0.2, 0) is 6.54 Å². The number of hydrogen-bond acceptors (Lipinski definition) is 3. The first kappa shape index (κ1) is 14.4. The summed E-state index contributed by atoms with van der Waals surface area (Å²) >= 11 is 1.10. The Morgan fingerprint density at radius 3 is 2.55 bits per heavy atom. The van der Waals surface area contributed by atoms with E-state index in [2.05, 4.69) is 0 Å². The van der Waals surface area contributed by atoms with Crippen molar-refractivity contribution < 1.29 is 9.18 Å². The molecule has 22 heavy (non-hydrogen) atoms. The molecule has 3 rings (SSSR count). The highest BCUT2D eigenvalue weighted by molar-refractivity contribution is 7.08. The van der Waals surface area contributed by atoms with E-state index in [0.717, 1.165) is 17.1 Å². The van der Waals surface area contributed by atoms with Crippen molar-refractivity contribution >= 4 is 17.3 Å². The predicted octanol–water partition coefficient (Wildman–Crippen LogP) is 3.33. The van der Waals surface area contributed by atoms with Crippen LogP contribution in [-0.4, -0.2) is 9.74 Å². The molecular weight excluding hydrogens is 301 g/mol. The van der Waals surface area contributed by atoms with E-state index in [0.29, 0.717) is 11.4 Å². The van der Waals surface area contributed by atoms with Gasteiger partial charge in [-0.25, -0.2) is 4.39 Å². The van der Waals surface area contributed by atoms with Gasteiger partial charge in [0.2, 0.25) is 5.78 Å². The van der Waals surface area contributed by atoms with Gasteiger partial charge in [0.25, 0.3) is 5.56 Å². The number of nitrogens with zero attached hydrogens (tertiary/aromatic N) is 1. The Hall–Kier alpha value is -2.53. The zero-order valence-corrected chi connectivity index (χ0v) is 12.3. The number of rotatable bonds is 4. The van der Waals surface area contributed by atoms with Crippen molar-refractivity contribution in [2.45, 2.75) is 6.54 Å². The van der Waals surface area contributed by atoms with Crippen molar-refractivity contribution in [1.29, 1.82) is 0 Å². The van der Waals surface area contributed by atoms with E-state index in [9.17, 15) is 14.0 Å². The maximum atomic E-state index is 13.2. The average molecular weight is 313 g/mol. The number of hydrogen-bond donors (Lipinski definition) is 0. The minimum atomic E-state index is -0.470. The molecule has 0 amide bonds. The molecular formula is C17H12FNO2S. The number of benzene rings is 2. The highest BCUT2D eigenvalue weighted by atomic mass is 32.1. The lowest BCUT2D eigenvalue weighted by Gasteiger charge is -2.00. The van der Waals surface area contributed by atoms with Crippen molar-refractivity contribution in [2.75, 3.05) is 0 Å². The van der Waals surface area contributed by atoms with E-state index in [1.54, 1.807) is 0 Å². The van der Waals surface area contributed by atoms with Gasteiger partial charge in [-0.1, -0.05) is 54.0 Å². The summed E-state index contributed by atoms with van der Waals surface area (Å²) in [6, 6.07) is 16.3. The summed E-state index contributed by atoms with van der Waals surface area (Å²) in [5, 5.41) is 0. The van der Waals surface area contributed by atoms with Crippen LogP contribution in [0.4, 0.5) is 4.39 Å². The summed E-state index contributed by atoms with van der Waals surface area (Å²) < 4.78 is 14.7. The summed E-state index contributed by atoms with van der Waals surface area (Å²) in [7, 11) is 0. The molecule has 0 aliphatic heterocycles. The Kier molecular flexibility index (Phi) is 3.98. The molecule has 3 aromatic rings. The second-order valence-corrected chi connectivity index (χ2v) is 5.86. The van der Waals surface area contributed by atoms with Gasteiger partial charge in [0.15, 0.2) is 0 Å². The van der Waals surface area contributed by atoms with E-state index in [1.165, 1.54) is 34.3 Å². The first-order chi connectivity index (χ1) is 10.6. The van der Waals surface area contributed by atoms with Gasteiger partial charge in [-0.05, 0) is 17.7 Å². The topological polar surface area (TPSA) is 39.1 Å². The second-order valence-electron chi connectivity index (χ2n) is 4.80. The molecule has 5 heteroatoms. The lowest BCUT2D eigenvalue weighted by molar-refractivity contribution is 0.104. The maximum Gasteiger partial charge on any atom is 0.261 e. The van der Waals surface area contributed by atoms with Crippen LogP contribution < -0.4 is 5.56 Å². The third kappa shape index (κ3) is 3.04. The highest BCUT2D eigenvalue weighted by Gasteiger charge is 2.15. The normalized spacial score (nSPS) is 10.6. The van der Waals surface area contributed by atoms with Crippen molar-refractivity contribution in [3.8, 4) is 0 Å². The van der Waals surface area contributed by atoms with Crippen LogP contribution in [0, 0.1) is 5.82 Å². The third-order valence-electron chi connectivity index (χ3n) is 3.19. The van der Waals surface area contributed by atoms with Crippen LogP contribution in [0.5, 0.6) is 0 Å². The Labute approximate surface area is 130 Å². The molecule has 0 aliphatic carbocycles. The Bertz CT molecular complexity index is 868. The van der Waals surface area contributed by atoms with Gasteiger partial charge in [0, 0.05) is 11.6 Å². The van der Waals surface area contributed by atoms with E-state index in [1.807, 2.05) is 30.3 Å². The van der Waals surface area contributed by atoms with E-state index >= 15 is 0 Å². The molecule has 0 aliphatic rings. The summed E-state index contributed by atoms with van der Waals surface area (Å²) in [6.07, 6.45) is 0. The summed E-state index contributed by atoms with van der Waals surface area (Å²) in [4.78, 5) is 24.6. The standard InChI is InChI=1S/C17H12FNO2S/c18-14-8-4-7-13(9-14)17(21)15-10-16(20)19(22-15)11-12-5-2-1-3-6-12/h1-10H,11H2. The number of ketones is 1. The second kappa shape index (κ2) is 6.07. The van der Waals surface area contributed by atoms with Crippen molar-refractivity contribution in [3.05, 3.63) is 92.8 Å². The molecule has 0 radical (unpaired) electrons. The lowest BCUT2D eigenvalue weighted by atomic mass is 10.1. The molecule has 1 heterocycles. The van der Waals surface area contributed by atoms with Gasteiger partial charge in [-0.2, -0.15) is 0 Å². The fourth-order valence-corrected chi connectivity index (χ4v) is 3.06. The summed E-state index contributed by atoms with van der Waals surface area (Å²) in [6.45, 7) is 0.417. The van der Waals surface area contributed by atoms with Crippen LogP contribution in [0.15, 0.2) is 65.5 Å². The molecule has 2 aromatic carbocycles. The van der Waals surface area contributed by atoms with Gasteiger partial charge in [0.1, 0.15) is 5.82 Å². The number of aromatic nitrogens is 1. The molecule has 0 fully saturated rings. The number of carbonyl (C=O) groups excluding carboxylic acids is 1. The first-order valence-corrected chi connectivity index (χ1v) is 7.46. The molecule has 0 saturated heterocycles. The molecule has 0 N–H and O–H groups in total. The fraction of sp³-hybridized carbons (Fsp3) is 0.0588. The monoisotopic (exact) mass is 313 g/mol. The quantitative estimate of drug-likeness (QED) is 0.693. The molecule has 0 bridgehead atoms. The van der Waals surface area contributed by atoms with Gasteiger partial charge in [-0.3, -0.25) is 13.5 Å².